The second-order valence-electron chi connectivity index (χ2n) is 6.82. The van der Waals surface area contributed by atoms with Gasteiger partial charge in [0.2, 0.25) is 0 Å². The standard InChI is InChI=1S/C21H24N2S.C2H6/c1-3-15-10-17-11-18(12-20(17)19(15)5-4-14(2)24)21(13-22)16-6-8-23-9-7-16;1-2/h4-9,14,17,20,24H,3,10-12H2,1-2H3;1-2H3/b5-4-,21-18+;. The first-order valence-corrected chi connectivity index (χ1v) is 10.3. The Kier molecular flexibility index (Phi) is 7.72. The quantitative estimate of drug-likeness (QED) is 0.495. The SMILES string of the molecule is CC.CCC1=C(/C=C\C(C)S)C2C/C(=C(\C#N)c3ccncc3)CC2C1. The molecule has 2 nitrogen and oxygen atoms in total. The summed E-state index contributed by atoms with van der Waals surface area (Å²) in [5, 5.41) is 9.95. The molecule has 3 atom stereocenters. The number of rotatable bonds is 4. The Labute approximate surface area is 164 Å². The minimum atomic E-state index is 0.276. The van der Waals surface area contributed by atoms with Crippen LogP contribution in [0.5, 0.6) is 0 Å². The van der Waals surface area contributed by atoms with Crippen LogP contribution in [0, 0.1) is 23.2 Å². The van der Waals surface area contributed by atoms with Crippen molar-refractivity contribution in [1.82, 2.24) is 4.98 Å². The molecule has 1 fully saturated rings. The number of pyridine rings is 1. The summed E-state index contributed by atoms with van der Waals surface area (Å²) in [5.74, 6) is 1.23. The lowest BCUT2D eigenvalue weighted by atomic mass is 9.94. The maximum atomic E-state index is 9.68. The van der Waals surface area contributed by atoms with Crippen LogP contribution in [0.25, 0.3) is 5.57 Å². The van der Waals surface area contributed by atoms with Gasteiger partial charge in [-0.05, 0) is 67.7 Å². The van der Waals surface area contributed by atoms with Crippen LogP contribution >= 0.6 is 12.6 Å². The second kappa shape index (κ2) is 9.78. The molecule has 1 heterocycles. The summed E-state index contributed by atoms with van der Waals surface area (Å²) in [7, 11) is 0. The molecular formula is C23H30N2S. The summed E-state index contributed by atoms with van der Waals surface area (Å²) in [6, 6.07) is 6.33. The van der Waals surface area contributed by atoms with Gasteiger partial charge in [0.1, 0.15) is 0 Å². The highest BCUT2D eigenvalue weighted by Gasteiger charge is 2.39. The molecule has 1 saturated carbocycles. The van der Waals surface area contributed by atoms with Crippen LogP contribution in [0.3, 0.4) is 0 Å². The predicted octanol–water partition coefficient (Wildman–Crippen LogP) is 6.40. The Morgan fingerprint density at radius 2 is 2.00 bits per heavy atom. The molecule has 1 aromatic rings. The predicted molar refractivity (Wildman–Crippen MR) is 114 cm³/mol. The molecule has 0 aromatic carbocycles. The van der Waals surface area contributed by atoms with Crippen molar-refractivity contribution in [3.8, 4) is 6.07 Å². The lowest BCUT2D eigenvalue weighted by Crippen LogP contribution is -2.01. The average molecular weight is 367 g/mol. The van der Waals surface area contributed by atoms with Crippen molar-refractivity contribution in [2.24, 2.45) is 11.8 Å². The largest absolute Gasteiger partial charge is 0.265 e. The fourth-order valence-electron chi connectivity index (χ4n) is 4.15. The summed E-state index contributed by atoms with van der Waals surface area (Å²) < 4.78 is 0. The van der Waals surface area contributed by atoms with E-state index in [2.05, 4.69) is 49.7 Å². The van der Waals surface area contributed by atoms with Gasteiger partial charge in [-0.2, -0.15) is 17.9 Å². The highest BCUT2D eigenvalue weighted by molar-refractivity contribution is 7.81. The van der Waals surface area contributed by atoms with Gasteiger partial charge in [-0.1, -0.05) is 44.1 Å². The van der Waals surface area contributed by atoms with Crippen molar-refractivity contribution < 1.29 is 0 Å². The number of nitriles is 1. The Bertz CT molecular complexity index is 735. The molecule has 0 radical (unpaired) electrons. The Morgan fingerprint density at radius 1 is 1.31 bits per heavy atom. The third-order valence-electron chi connectivity index (χ3n) is 5.28. The van der Waals surface area contributed by atoms with Crippen molar-refractivity contribution in [3.05, 3.63) is 59.0 Å². The Morgan fingerprint density at radius 3 is 2.58 bits per heavy atom. The highest BCUT2D eigenvalue weighted by atomic mass is 32.1. The van der Waals surface area contributed by atoms with Gasteiger partial charge in [0.15, 0.2) is 0 Å². The van der Waals surface area contributed by atoms with Gasteiger partial charge in [0.05, 0.1) is 11.6 Å². The van der Waals surface area contributed by atoms with Crippen LogP contribution in [-0.2, 0) is 0 Å². The van der Waals surface area contributed by atoms with Crippen LogP contribution in [0.4, 0.5) is 0 Å². The topological polar surface area (TPSA) is 36.7 Å². The van der Waals surface area contributed by atoms with E-state index in [0.29, 0.717) is 11.8 Å². The Balaban J connectivity index is 0.00000117. The maximum absolute atomic E-state index is 9.68. The number of aromatic nitrogens is 1. The first kappa shape index (κ1) is 20.5. The van der Waals surface area contributed by atoms with Gasteiger partial charge in [-0.3, -0.25) is 4.98 Å². The van der Waals surface area contributed by atoms with Crippen LogP contribution < -0.4 is 0 Å². The van der Waals surface area contributed by atoms with E-state index in [4.69, 9.17) is 0 Å². The van der Waals surface area contributed by atoms with E-state index < -0.39 is 0 Å². The maximum Gasteiger partial charge on any atom is 0.0997 e. The lowest BCUT2D eigenvalue weighted by molar-refractivity contribution is 0.482. The molecule has 0 spiro atoms. The first-order valence-electron chi connectivity index (χ1n) is 9.74. The van der Waals surface area contributed by atoms with Crippen LogP contribution in [0.1, 0.15) is 58.9 Å². The van der Waals surface area contributed by atoms with Crippen molar-refractivity contribution in [2.75, 3.05) is 0 Å². The lowest BCUT2D eigenvalue weighted by Gasteiger charge is -2.11. The van der Waals surface area contributed by atoms with E-state index in [1.54, 1.807) is 18.0 Å². The number of nitrogens with zero attached hydrogens (tertiary/aromatic N) is 2. The van der Waals surface area contributed by atoms with Crippen molar-refractivity contribution >= 4 is 18.2 Å². The monoisotopic (exact) mass is 366 g/mol. The van der Waals surface area contributed by atoms with E-state index in [1.807, 2.05) is 26.0 Å². The van der Waals surface area contributed by atoms with Gasteiger partial charge in [0, 0.05) is 17.6 Å². The molecular weight excluding hydrogens is 336 g/mol. The smallest absolute Gasteiger partial charge is 0.0997 e. The molecule has 2 aliphatic carbocycles. The molecule has 138 valence electrons. The van der Waals surface area contributed by atoms with E-state index in [1.165, 1.54) is 17.6 Å². The number of hydrogen-bond donors (Lipinski definition) is 1. The van der Waals surface area contributed by atoms with Gasteiger partial charge in [-0.15, -0.1) is 0 Å². The molecule has 0 N–H and O–H groups in total. The van der Waals surface area contributed by atoms with Gasteiger partial charge in [0.25, 0.3) is 0 Å². The molecule has 26 heavy (non-hydrogen) atoms. The summed E-state index contributed by atoms with van der Waals surface area (Å²) in [6.45, 7) is 8.35. The van der Waals surface area contributed by atoms with Crippen molar-refractivity contribution in [2.45, 2.75) is 58.6 Å². The fourth-order valence-corrected chi connectivity index (χ4v) is 4.24. The molecule has 0 aliphatic heterocycles. The fraction of sp³-hybridized carbons (Fsp3) is 0.478. The zero-order valence-corrected chi connectivity index (χ0v) is 17.3. The molecule has 1 aromatic heterocycles. The van der Waals surface area contributed by atoms with E-state index in [-0.39, 0.29) is 5.25 Å². The molecule has 0 bridgehead atoms. The van der Waals surface area contributed by atoms with Gasteiger partial charge < -0.3 is 0 Å². The minimum Gasteiger partial charge on any atom is -0.265 e. The number of thiol groups is 1. The summed E-state index contributed by atoms with van der Waals surface area (Å²) in [5.41, 5.74) is 6.28. The number of fused-ring (bicyclic) bond motifs is 1. The van der Waals surface area contributed by atoms with Crippen molar-refractivity contribution in [1.29, 1.82) is 5.26 Å². The zero-order valence-electron chi connectivity index (χ0n) is 16.4. The normalized spacial score (nSPS) is 24.8. The Hall–Kier alpha value is -1.79. The summed E-state index contributed by atoms with van der Waals surface area (Å²) in [6.07, 6.45) is 12.4. The molecule has 3 heteroatoms. The molecule has 3 unspecified atom stereocenters. The third-order valence-corrected chi connectivity index (χ3v) is 5.45. The van der Waals surface area contributed by atoms with E-state index in [0.717, 1.165) is 30.4 Å². The van der Waals surface area contributed by atoms with E-state index >= 15 is 0 Å². The second-order valence-corrected chi connectivity index (χ2v) is 7.63. The van der Waals surface area contributed by atoms with E-state index in [9.17, 15) is 5.26 Å². The number of hydrogen-bond acceptors (Lipinski definition) is 3. The number of allylic oxidation sites excluding steroid dienone is 5. The summed E-state index contributed by atoms with van der Waals surface area (Å²) in [4.78, 5) is 4.06. The molecule has 3 rings (SSSR count). The van der Waals surface area contributed by atoms with Crippen LogP contribution in [0.15, 0.2) is 53.4 Å². The van der Waals surface area contributed by atoms with Gasteiger partial charge in [-0.25, -0.2) is 0 Å². The van der Waals surface area contributed by atoms with Crippen LogP contribution in [0.2, 0.25) is 0 Å². The highest BCUT2D eigenvalue weighted by Crippen LogP contribution is 2.52. The van der Waals surface area contributed by atoms with Crippen molar-refractivity contribution in [3.63, 3.8) is 0 Å². The molecule has 0 saturated heterocycles. The van der Waals surface area contributed by atoms with Gasteiger partial charge >= 0.3 is 0 Å². The molecule has 2 aliphatic rings. The van der Waals surface area contributed by atoms with Crippen LogP contribution in [-0.4, -0.2) is 10.2 Å². The first-order chi connectivity index (χ1) is 12.6. The zero-order chi connectivity index (χ0) is 19.1. The molecule has 0 amide bonds. The third kappa shape index (κ3) is 4.48. The average Bonchev–Trinajstić information content (AvgIpc) is 3.20. The summed E-state index contributed by atoms with van der Waals surface area (Å²) >= 11 is 4.47. The minimum absolute atomic E-state index is 0.276.